The van der Waals surface area contributed by atoms with E-state index < -0.39 is 0 Å². The van der Waals surface area contributed by atoms with Gasteiger partial charge in [0.05, 0.1) is 6.10 Å². The molecule has 1 heterocycles. The summed E-state index contributed by atoms with van der Waals surface area (Å²) in [5.74, 6) is 0. The monoisotopic (exact) mass is 143 g/mol. The molecular formula is C8H17NO. The predicted molar refractivity (Wildman–Crippen MR) is 41.9 cm³/mol. The minimum absolute atomic E-state index is 0.192. The van der Waals surface area contributed by atoms with Gasteiger partial charge in [-0.05, 0) is 26.7 Å². The molecule has 1 rings (SSSR count). The first-order chi connectivity index (χ1) is 4.70. The molecule has 0 bridgehead atoms. The van der Waals surface area contributed by atoms with Crippen LogP contribution in [0.3, 0.4) is 0 Å². The summed E-state index contributed by atoms with van der Waals surface area (Å²) in [5, 5.41) is 12.6. The van der Waals surface area contributed by atoms with Crippen molar-refractivity contribution in [1.82, 2.24) is 5.32 Å². The third kappa shape index (κ3) is 1.96. The zero-order chi connectivity index (χ0) is 7.56. The lowest BCUT2D eigenvalue weighted by atomic mass is 9.97. The molecule has 0 saturated carbocycles. The first kappa shape index (κ1) is 8.02. The Morgan fingerprint density at radius 1 is 1.50 bits per heavy atom. The Morgan fingerprint density at radius 3 is 2.60 bits per heavy atom. The van der Waals surface area contributed by atoms with Crippen LogP contribution >= 0.6 is 0 Å². The summed E-state index contributed by atoms with van der Waals surface area (Å²) in [7, 11) is 0. The van der Waals surface area contributed by atoms with E-state index in [0.29, 0.717) is 12.1 Å². The smallest absolute Gasteiger partial charge is 0.0665 e. The van der Waals surface area contributed by atoms with Gasteiger partial charge in [-0.2, -0.15) is 0 Å². The number of hydrogen-bond donors (Lipinski definition) is 2. The molecule has 1 aliphatic heterocycles. The van der Waals surface area contributed by atoms with E-state index in [9.17, 15) is 5.11 Å². The predicted octanol–water partition coefficient (Wildman–Crippen LogP) is 0.898. The summed E-state index contributed by atoms with van der Waals surface area (Å²) in [6.45, 7) is 4.03. The van der Waals surface area contributed by atoms with Gasteiger partial charge >= 0.3 is 0 Å². The number of hydrogen-bond acceptors (Lipinski definition) is 2. The Balaban J connectivity index is 2.32. The fourth-order valence-electron chi connectivity index (χ4n) is 1.56. The zero-order valence-electron chi connectivity index (χ0n) is 6.80. The van der Waals surface area contributed by atoms with Crippen molar-refractivity contribution in [3.8, 4) is 0 Å². The Morgan fingerprint density at radius 2 is 2.20 bits per heavy atom. The highest BCUT2D eigenvalue weighted by molar-refractivity contribution is 4.80. The number of piperidine rings is 1. The van der Waals surface area contributed by atoms with Gasteiger partial charge in [0.25, 0.3) is 0 Å². The number of aliphatic hydroxyl groups is 1. The molecule has 2 nitrogen and oxygen atoms in total. The van der Waals surface area contributed by atoms with Crippen LogP contribution in [0.1, 0.15) is 33.1 Å². The molecule has 3 unspecified atom stereocenters. The maximum atomic E-state index is 9.23. The van der Waals surface area contributed by atoms with Crippen molar-refractivity contribution in [2.75, 3.05) is 0 Å². The van der Waals surface area contributed by atoms with E-state index in [1.807, 2.05) is 6.92 Å². The van der Waals surface area contributed by atoms with Crippen LogP contribution in [-0.2, 0) is 0 Å². The van der Waals surface area contributed by atoms with E-state index in [1.54, 1.807) is 0 Å². The molecule has 3 atom stereocenters. The first-order valence-corrected chi connectivity index (χ1v) is 4.14. The topological polar surface area (TPSA) is 32.3 Å². The number of aliphatic hydroxyl groups excluding tert-OH is 1. The van der Waals surface area contributed by atoms with Gasteiger partial charge in [0.2, 0.25) is 0 Å². The van der Waals surface area contributed by atoms with Crippen LogP contribution in [0.5, 0.6) is 0 Å². The molecule has 10 heavy (non-hydrogen) atoms. The van der Waals surface area contributed by atoms with Gasteiger partial charge in [0, 0.05) is 12.1 Å². The molecule has 1 aliphatic rings. The average molecular weight is 143 g/mol. The molecule has 2 N–H and O–H groups in total. The first-order valence-electron chi connectivity index (χ1n) is 4.14. The maximum Gasteiger partial charge on any atom is 0.0665 e. The standard InChI is InChI=1S/C8H17NO/c1-6-4-3-5-8(9-6)7(2)10/h6-10H,3-5H2,1-2H3. The minimum atomic E-state index is -0.192. The molecule has 2 heteroatoms. The Labute approximate surface area is 62.6 Å². The minimum Gasteiger partial charge on any atom is -0.392 e. The molecule has 0 aromatic heterocycles. The third-order valence-electron chi connectivity index (χ3n) is 2.23. The Kier molecular flexibility index (Phi) is 2.69. The number of rotatable bonds is 1. The van der Waals surface area contributed by atoms with Crippen LogP contribution in [0.25, 0.3) is 0 Å². The lowest BCUT2D eigenvalue weighted by Gasteiger charge is -2.30. The summed E-state index contributed by atoms with van der Waals surface area (Å²) < 4.78 is 0. The van der Waals surface area contributed by atoms with E-state index in [1.165, 1.54) is 12.8 Å². The van der Waals surface area contributed by atoms with Gasteiger partial charge in [-0.3, -0.25) is 0 Å². The summed E-state index contributed by atoms with van der Waals surface area (Å²) in [6, 6.07) is 0.928. The highest BCUT2D eigenvalue weighted by Crippen LogP contribution is 2.14. The largest absolute Gasteiger partial charge is 0.392 e. The van der Waals surface area contributed by atoms with Gasteiger partial charge < -0.3 is 10.4 Å². The third-order valence-corrected chi connectivity index (χ3v) is 2.23. The van der Waals surface area contributed by atoms with Crippen molar-refractivity contribution in [3.63, 3.8) is 0 Å². The molecule has 0 spiro atoms. The second-order valence-corrected chi connectivity index (χ2v) is 3.35. The SMILES string of the molecule is CC1CCCC(C(C)O)N1. The van der Waals surface area contributed by atoms with Gasteiger partial charge in [-0.15, -0.1) is 0 Å². The van der Waals surface area contributed by atoms with Crippen molar-refractivity contribution in [1.29, 1.82) is 0 Å². The fraction of sp³-hybridized carbons (Fsp3) is 1.00. The summed E-state index contributed by atoms with van der Waals surface area (Å²) in [4.78, 5) is 0. The van der Waals surface area contributed by atoms with E-state index in [2.05, 4.69) is 12.2 Å². The van der Waals surface area contributed by atoms with Crippen LogP contribution in [-0.4, -0.2) is 23.3 Å². The second kappa shape index (κ2) is 3.35. The van der Waals surface area contributed by atoms with Crippen LogP contribution in [0, 0.1) is 0 Å². The lowest BCUT2D eigenvalue weighted by Crippen LogP contribution is -2.46. The quantitative estimate of drug-likeness (QED) is 0.571. The molecule has 1 fully saturated rings. The maximum absolute atomic E-state index is 9.23. The fourth-order valence-corrected chi connectivity index (χ4v) is 1.56. The highest BCUT2D eigenvalue weighted by atomic mass is 16.3. The van der Waals surface area contributed by atoms with Gasteiger partial charge in [0.1, 0.15) is 0 Å². The van der Waals surface area contributed by atoms with E-state index in [4.69, 9.17) is 0 Å². The van der Waals surface area contributed by atoms with E-state index >= 15 is 0 Å². The van der Waals surface area contributed by atoms with Crippen molar-refractivity contribution in [3.05, 3.63) is 0 Å². The normalized spacial score (nSPS) is 37.5. The van der Waals surface area contributed by atoms with Gasteiger partial charge in [-0.25, -0.2) is 0 Å². The molecule has 0 amide bonds. The van der Waals surface area contributed by atoms with Crippen molar-refractivity contribution in [2.24, 2.45) is 0 Å². The molecule has 0 aromatic rings. The molecule has 60 valence electrons. The van der Waals surface area contributed by atoms with Crippen LogP contribution in [0.15, 0.2) is 0 Å². The van der Waals surface area contributed by atoms with E-state index in [-0.39, 0.29) is 6.10 Å². The van der Waals surface area contributed by atoms with Crippen molar-refractivity contribution < 1.29 is 5.11 Å². The Hall–Kier alpha value is -0.0800. The van der Waals surface area contributed by atoms with Crippen molar-refractivity contribution in [2.45, 2.75) is 51.3 Å². The van der Waals surface area contributed by atoms with Crippen molar-refractivity contribution >= 4 is 0 Å². The average Bonchev–Trinajstić information content (AvgIpc) is 1.88. The molecule has 0 aliphatic carbocycles. The van der Waals surface area contributed by atoms with Crippen LogP contribution < -0.4 is 5.32 Å². The summed E-state index contributed by atoms with van der Waals surface area (Å²) >= 11 is 0. The Bertz CT molecular complexity index is 103. The van der Waals surface area contributed by atoms with E-state index in [0.717, 1.165) is 6.42 Å². The molecule has 1 saturated heterocycles. The lowest BCUT2D eigenvalue weighted by molar-refractivity contribution is 0.119. The van der Waals surface area contributed by atoms with Gasteiger partial charge in [-0.1, -0.05) is 6.42 Å². The van der Waals surface area contributed by atoms with Crippen LogP contribution in [0.2, 0.25) is 0 Å². The second-order valence-electron chi connectivity index (χ2n) is 3.35. The molecular weight excluding hydrogens is 126 g/mol. The summed E-state index contributed by atoms with van der Waals surface area (Å²) in [5.41, 5.74) is 0. The zero-order valence-corrected chi connectivity index (χ0v) is 6.80. The molecule has 0 aromatic carbocycles. The highest BCUT2D eigenvalue weighted by Gasteiger charge is 2.20. The van der Waals surface area contributed by atoms with Crippen LogP contribution in [0.4, 0.5) is 0 Å². The number of nitrogens with one attached hydrogen (secondary N) is 1. The molecule has 0 radical (unpaired) electrons. The van der Waals surface area contributed by atoms with Gasteiger partial charge in [0.15, 0.2) is 0 Å². The summed E-state index contributed by atoms with van der Waals surface area (Å²) in [6.07, 6.45) is 3.44.